The molecule has 17 heavy (non-hydrogen) atoms. The number of rotatable bonds is 6. The fourth-order valence-electron chi connectivity index (χ4n) is 1.49. The minimum absolute atomic E-state index is 0.139. The van der Waals surface area contributed by atoms with Crippen LogP contribution in [0.5, 0.6) is 0 Å². The molecule has 0 heterocycles. The summed E-state index contributed by atoms with van der Waals surface area (Å²) < 4.78 is 12.7. The number of aliphatic hydroxyl groups is 2. The Morgan fingerprint density at radius 3 is 2.12 bits per heavy atom. The Morgan fingerprint density at radius 1 is 1.12 bits per heavy atom. The third kappa shape index (κ3) is 4.50. The maximum absolute atomic E-state index is 12.7. The van der Waals surface area contributed by atoms with Gasteiger partial charge in [0.1, 0.15) is 5.82 Å². The molecule has 1 amide bonds. The van der Waals surface area contributed by atoms with Crippen LogP contribution in [0.2, 0.25) is 0 Å². The Balaban J connectivity index is 2.59. The molecule has 5 heteroatoms. The molecule has 2 N–H and O–H groups in total. The van der Waals surface area contributed by atoms with Crippen LogP contribution in [0.15, 0.2) is 24.3 Å². The van der Waals surface area contributed by atoms with E-state index in [2.05, 4.69) is 0 Å². The number of carbonyl (C=O) groups is 1. The molecule has 1 aromatic rings. The van der Waals surface area contributed by atoms with Crippen molar-refractivity contribution in [3.63, 3.8) is 0 Å². The van der Waals surface area contributed by atoms with Gasteiger partial charge < -0.3 is 15.1 Å². The zero-order chi connectivity index (χ0) is 12.7. The van der Waals surface area contributed by atoms with Gasteiger partial charge in [0, 0.05) is 13.1 Å². The van der Waals surface area contributed by atoms with Crippen molar-refractivity contribution in [2.24, 2.45) is 0 Å². The van der Waals surface area contributed by atoms with Gasteiger partial charge in [0.05, 0.1) is 19.6 Å². The lowest BCUT2D eigenvalue weighted by molar-refractivity contribution is -0.131. The largest absolute Gasteiger partial charge is 0.395 e. The number of hydrogen-bond acceptors (Lipinski definition) is 3. The van der Waals surface area contributed by atoms with Crippen molar-refractivity contribution in [2.75, 3.05) is 26.3 Å². The van der Waals surface area contributed by atoms with Crippen LogP contribution in [0.1, 0.15) is 5.56 Å². The van der Waals surface area contributed by atoms with E-state index in [1.165, 1.54) is 17.0 Å². The molecule has 0 unspecified atom stereocenters. The van der Waals surface area contributed by atoms with Gasteiger partial charge in [-0.2, -0.15) is 0 Å². The van der Waals surface area contributed by atoms with Gasteiger partial charge in [0.2, 0.25) is 5.91 Å². The first-order valence-electron chi connectivity index (χ1n) is 5.41. The van der Waals surface area contributed by atoms with Gasteiger partial charge in [-0.15, -0.1) is 0 Å². The maximum Gasteiger partial charge on any atom is 0.227 e. The quantitative estimate of drug-likeness (QED) is 0.747. The van der Waals surface area contributed by atoms with Crippen LogP contribution in [0.3, 0.4) is 0 Å². The summed E-state index contributed by atoms with van der Waals surface area (Å²) in [4.78, 5) is 13.2. The number of hydrogen-bond donors (Lipinski definition) is 2. The fourth-order valence-corrected chi connectivity index (χ4v) is 1.49. The zero-order valence-corrected chi connectivity index (χ0v) is 9.47. The molecule has 0 atom stereocenters. The number of amides is 1. The highest BCUT2D eigenvalue weighted by Crippen LogP contribution is 2.05. The summed E-state index contributed by atoms with van der Waals surface area (Å²) in [5, 5.41) is 17.6. The molecule has 0 aliphatic heterocycles. The predicted molar refractivity (Wildman–Crippen MR) is 60.9 cm³/mol. The van der Waals surface area contributed by atoms with Crippen LogP contribution < -0.4 is 0 Å². The van der Waals surface area contributed by atoms with E-state index in [1.807, 2.05) is 0 Å². The SMILES string of the molecule is O=C(Cc1ccc(F)cc1)N(CCO)CCO. The van der Waals surface area contributed by atoms with Crippen molar-refractivity contribution in [1.29, 1.82) is 0 Å². The molecule has 0 bridgehead atoms. The Labute approximate surface area is 99.3 Å². The molecule has 1 rings (SSSR count). The van der Waals surface area contributed by atoms with Crippen LogP contribution in [-0.2, 0) is 11.2 Å². The summed E-state index contributed by atoms with van der Waals surface area (Å²) in [7, 11) is 0. The average molecular weight is 241 g/mol. The second-order valence-electron chi connectivity index (χ2n) is 3.63. The van der Waals surface area contributed by atoms with E-state index in [4.69, 9.17) is 10.2 Å². The van der Waals surface area contributed by atoms with Crippen LogP contribution in [0, 0.1) is 5.82 Å². The number of carbonyl (C=O) groups excluding carboxylic acids is 1. The lowest BCUT2D eigenvalue weighted by Gasteiger charge is -2.20. The smallest absolute Gasteiger partial charge is 0.227 e. The highest BCUT2D eigenvalue weighted by atomic mass is 19.1. The van der Waals surface area contributed by atoms with Crippen molar-refractivity contribution in [1.82, 2.24) is 4.90 Å². The molecule has 1 aromatic carbocycles. The molecule has 0 radical (unpaired) electrons. The molecule has 0 saturated carbocycles. The van der Waals surface area contributed by atoms with Gasteiger partial charge in [-0.1, -0.05) is 12.1 Å². The van der Waals surface area contributed by atoms with E-state index in [1.54, 1.807) is 12.1 Å². The molecule has 0 aromatic heterocycles. The van der Waals surface area contributed by atoms with Gasteiger partial charge in [0.25, 0.3) is 0 Å². The molecule has 94 valence electrons. The Morgan fingerprint density at radius 2 is 1.65 bits per heavy atom. The molecular formula is C12H16FNO3. The minimum atomic E-state index is -0.344. The van der Waals surface area contributed by atoms with Crippen molar-refractivity contribution in [3.05, 3.63) is 35.6 Å². The summed E-state index contributed by atoms with van der Waals surface area (Å²) >= 11 is 0. The Bertz CT molecular complexity index is 347. The first-order valence-corrected chi connectivity index (χ1v) is 5.41. The third-order valence-corrected chi connectivity index (χ3v) is 2.36. The second kappa shape index (κ2) is 6.98. The molecule has 0 spiro atoms. The Hall–Kier alpha value is -1.46. The van der Waals surface area contributed by atoms with Gasteiger partial charge in [-0.3, -0.25) is 4.79 Å². The maximum atomic E-state index is 12.7. The fraction of sp³-hybridized carbons (Fsp3) is 0.417. The summed E-state index contributed by atoms with van der Waals surface area (Å²) in [6, 6.07) is 5.68. The van der Waals surface area contributed by atoms with E-state index in [9.17, 15) is 9.18 Å². The highest BCUT2D eigenvalue weighted by molar-refractivity contribution is 5.78. The topological polar surface area (TPSA) is 60.8 Å². The monoisotopic (exact) mass is 241 g/mol. The average Bonchev–Trinajstić information content (AvgIpc) is 2.32. The van der Waals surface area contributed by atoms with E-state index in [0.717, 1.165) is 0 Å². The molecular weight excluding hydrogens is 225 g/mol. The van der Waals surface area contributed by atoms with Crippen molar-refractivity contribution in [3.8, 4) is 0 Å². The lowest BCUT2D eigenvalue weighted by Crippen LogP contribution is -2.36. The predicted octanol–water partition coefficient (Wildman–Crippen LogP) is 0.181. The van der Waals surface area contributed by atoms with Crippen LogP contribution >= 0.6 is 0 Å². The van der Waals surface area contributed by atoms with Crippen molar-refractivity contribution >= 4 is 5.91 Å². The summed E-state index contributed by atoms with van der Waals surface area (Å²) in [6.45, 7) is 0.103. The molecule has 0 fully saturated rings. The number of benzene rings is 1. The van der Waals surface area contributed by atoms with E-state index in [0.29, 0.717) is 5.56 Å². The van der Waals surface area contributed by atoms with Crippen molar-refractivity contribution in [2.45, 2.75) is 6.42 Å². The lowest BCUT2D eigenvalue weighted by atomic mass is 10.1. The normalized spacial score (nSPS) is 10.3. The van der Waals surface area contributed by atoms with Gasteiger partial charge in [-0.05, 0) is 17.7 Å². The van der Waals surface area contributed by atoms with Crippen LogP contribution in [0.25, 0.3) is 0 Å². The summed E-state index contributed by atoms with van der Waals surface area (Å²) in [5.41, 5.74) is 0.706. The molecule has 0 aliphatic rings. The van der Waals surface area contributed by atoms with E-state index in [-0.39, 0.29) is 44.4 Å². The zero-order valence-electron chi connectivity index (χ0n) is 9.47. The van der Waals surface area contributed by atoms with Gasteiger partial charge in [0.15, 0.2) is 0 Å². The van der Waals surface area contributed by atoms with Crippen LogP contribution in [0.4, 0.5) is 4.39 Å². The first kappa shape index (κ1) is 13.6. The Kier molecular flexibility index (Phi) is 5.59. The van der Waals surface area contributed by atoms with E-state index >= 15 is 0 Å². The third-order valence-electron chi connectivity index (χ3n) is 2.36. The van der Waals surface area contributed by atoms with Crippen LogP contribution in [-0.4, -0.2) is 47.3 Å². The minimum Gasteiger partial charge on any atom is -0.395 e. The molecule has 0 aliphatic carbocycles. The summed E-state index contributed by atoms with van der Waals surface area (Å²) in [5.74, 6) is -0.538. The number of nitrogens with zero attached hydrogens (tertiary/aromatic N) is 1. The standard InChI is InChI=1S/C12H16FNO3/c13-11-3-1-10(2-4-11)9-12(17)14(5-7-15)6-8-16/h1-4,15-16H,5-9H2. The number of halogens is 1. The molecule has 0 saturated heterocycles. The number of aliphatic hydroxyl groups excluding tert-OH is 2. The summed E-state index contributed by atoms with van der Waals surface area (Å²) in [6.07, 6.45) is 0.139. The van der Waals surface area contributed by atoms with Gasteiger partial charge >= 0.3 is 0 Å². The van der Waals surface area contributed by atoms with E-state index < -0.39 is 0 Å². The van der Waals surface area contributed by atoms with Gasteiger partial charge in [-0.25, -0.2) is 4.39 Å². The highest BCUT2D eigenvalue weighted by Gasteiger charge is 2.12. The molecule has 4 nitrogen and oxygen atoms in total. The van der Waals surface area contributed by atoms with Crippen molar-refractivity contribution < 1.29 is 19.4 Å². The first-order chi connectivity index (χ1) is 8.17. The second-order valence-corrected chi connectivity index (χ2v) is 3.63.